The molecule has 1 saturated carbocycles. The van der Waals surface area contributed by atoms with Gasteiger partial charge in [0, 0.05) is 13.1 Å². The van der Waals surface area contributed by atoms with Crippen LogP contribution in [-0.2, 0) is 4.79 Å². The lowest BCUT2D eigenvalue weighted by Crippen LogP contribution is -2.38. The number of likely N-dealkylation sites (N-methyl/N-ethyl adjacent to an activating group) is 1. The van der Waals surface area contributed by atoms with Gasteiger partial charge >= 0.3 is 0 Å². The number of hydrogen-bond donors (Lipinski definition) is 2. The molecule has 3 heteroatoms. The molecule has 0 aromatic rings. The molecule has 106 valence electrons. The topological polar surface area (TPSA) is 41.1 Å². The molecule has 0 saturated heterocycles. The first-order valence-electron chi connectivity index (χ1n) is 7.77. The van der Waals surface area contributed by atoms with E-state index >= 15 is 0 Å². The van der Waals surface area contributed by atoms with E-state index in [1.54, 1.807) is 7.05 Å². The van der Waals surface area contributed by atoms with E-state index in [9.17, 15) is 4.79 Å². The van der Waals surface area contributed by atoms with Crippen LogP contribution in [0.4, 0.5) is 0 Å². The Bertz CT molecular complexity index is 207. The zero-order valence-corrected chi connectivity index (χ0v) is 12.0. The lowest BCUT2D eigenvalue weighted by atomic mass is 9.98. The maximum atomic E-state index is 11.3. The van der Waals surface area contributed by atoms with E-state index in [0.29, 0.717) is 12.6 Å². The summed E-state index contributed by atoms with van der Waals surface area (Å²) in [5.41, 5.74) is 0. The van der Waals surface area contributed by atoms with Gasteiger partial charge in [0.1, 0.15) is 0 Å². The van der Waals surface area contributed by atoms with E-state index < -0.39 is 0 Å². The monoisotopic (exact) mass is 254 g/mol. The van der Waals surface area contributed by atoms with E-state index in [1.807, 2.05) is 0 Å². The predicted octanol–water partition coefficient (Wildman–Crippen LogP) is 3.00. The van der Waals surface area contributed by atoms with Crippen molar-refractivity contribution in [3.63, 3.8) is 0 Å². The van der Waals surface area contributed by atoms with Crippen LogP contribution in [0.15, 0.2) is 0 Å². The first kappa shape index (κ1) is 15.5. The van der Waals surface area contributed by atoms with Gasteiger partial charge in [-0.2, -0.15) is 0 Å². The first-order chi connectivity index (χ1) is 8.83. The third-order valence-corrected chi connectivity index (χ3v) is 3.94. The summed E-state index contributed by atoms with van der Waals surface area (Å²) in [4.78, 5) is 11.3. The van der Waals surface area contributed by atoms with Crippen molar-refractivity contribution in [2.75, 3.05) is 13.6 Å². The Labute approximate surface area is 112 Å². The van der Waals surface area contributed by atoms with E-state index in [0.717, 1.165) is 0 Å². The molecular formula is C15H30N2O. The van der Waals surface area contributed by atoms with Crippen molar-refractivity contribution in [1.82, 2.24) is 10.6 Å². The number of carbonyl (C=O) groups excluding carboxylic acids is 1. The average molecular weight is 254 g/mol. The second-order valence-corrected chi connectivity index (χ2v) is 5.51. The maximum Gasteiger partial charge on any atom is 0.233 e. The van der Waals surface area contributed by atoms with Crippen LogP contribution in [0.3, 0.4) is 0 Å². The first-order valence-corrected chi connectivity index (χ1v) is 7.77. The van der Waals surface area contributed by atoms with E-state index in [1.165, 1.54) is 70.6 Å². The van der Waals surface area contributed by atoms with Crippen LogP contribution in [0.5, 0.6) is 0 Å². The minimum absolute atomic E-state index is 0.0983. The highest BCUT2D eigenvalue weighted by Crippen LogP contribution is 2.16. The zero-order valence-electron chi connectivity index (χ0n) is 12.0. The highest BCUT2D eigenvalue weighted by Gasteiger charge is 2.10. The van der Waals surface area contributed by atoms with Gasteiger partial charge in [0.05, 0.1) is 6.54 Å². The number of hydrogen-bond acceptors (Lipinski definition) is 2. The summed E-state index contributed by atoms with van der Waals surface area (Å²) in [6.45, 7) is 0.473. The quantitative estimate of drug-likeness (QED) is 0.813. The molecule has 18 heavy (non-hydrogen) atoms. The fourth-order valence-electron chi connectivity index (χ4n) is 2.69. The molecule has 0 aromatic carbocycles. The van der Waals surface area contributed by atoms with Crippen molar-refractivity contribution >= 4 is 5.91 Å². The minimum Gasteiger partial charge on any atom is -0.358 e. The Kier molecular flexibility index (Phi) is 8.92. The molecule has 0 heterocycles. The normalized spacial score (nSPS) is 20.7. The van der Waals surface area contributed by atoms with Crippen LogP contribution in [0.1, 0.15) is 70.6 Å². The van der Waals surface area contributed by atoms with Crippen LogP contribution in [0.2, 0.25) is 0 Å². The largest absolute Gasteiger partial charge is 0.358 e. The number of amides is 1. The summed E-state index contributed by atoms with van der Waals surface area (Å²) in [6.07, 6.45) is 14.8. The Balaban J connectivity index is 2.25. The summed E-state index contributed by atoms with van der Waals surface area (Å²) in [6, 6.07) is 0.543. The molecule has 1 rings (SSSR count). The SMILES string of the molecule is CNC(=O)CNC1CCCCCCCCCCC1. The average Bonchev–Trinajstić information content (AvgIpc) is 2.37. The molecule has 0 atom stereocenters. The van der Waals surface area contributed by atoms with Crippen LogP contribution >= 0.6 is 0 Å². The summed E-state index contributed by atoms with van der Waals surface area (Å²) in [5.74, 6) is 0.0983. The number of nitrogens with one attached hydrogen (secondary N) is 2. The summed E-state index contributed by atoms with van der Waals surface area (Å²) < 4.78 is 0. The van der Waals surface area contributed by atoms with E-state index in [2.05, 4.69) is 10.6 Å². The Morgan fingerprint density at radius 2 is 1.33 bits per heavy atom. The molecule has 0 aromatic heterocycles. The van der Waals surface area contributed by atoms with Gasteiger partial charge in [-0.05, 0) is 12.8 Å². The molecular weight excluding hydrogens is 224 g/mol. The van der Waals surface area contributed by atoms with Crippen molar-refractivity contribution in [3.05, 3.63) is 0 Å². The summed E-state index contributed by atoms with van der Waals surface area (Å²) in [5, 5.41) is 6.08. The van der Waals surface area contributed by atoms with Crippen molar-refractivity contribution in [2.24, 2.45) is 0 Å². The number of rotatable bonds is 3. The Morgan fingerprint density at radius 1 is 0.889 bits per heavy atom. The van der Waals surface area contributed by atoms with Crippen molar-refractivity contribution in [3.8, 4) is 0 Å². The van der Waals surface area contributed by atoms with E-state index in [4.69, 9.17) is 0 Å². The molecule has 1 aliphatic rings. The van der Waals surface area contributed by atoms with Crippen LogP contribution < -0.4 is 10.6 Å². The van der Waals surface area contributed by atoms with Crippen molar-refractivity contribution < 1.29 is 4.79 Å². The smallest absolute Gasteiger partial charge is 0.233 e. The molecule has 0 unspecified atom stereocenters. The molecule has 2 N–H and O–H groups in total. The molecule has 1 fully saturated rings. The van der Waals surface area contributed by atoms with Crippen LogP contribution in [0.25, 0.3) is 0 Å². The highest BCUT2D eigenvalue weighted by molar-refractivity contribution is 5.77. The summed E-state index contributed by atoms with van der Waals surface area (Å²) in [7, 11) is 1.70. The third-order valence-electron chi connectivity index (χ3n) is 3.94. The minimum atomic E-state index is 0.0983. The van der Waals surface area contributed by atoms with Crippen LogP contribution in [-0.4, -0.2) is 25.5 Å². The maximum absolute atomic E-state index is 11.3. The molecule has 0 spiro atoms. The van der Waals surface area contributed by atoms with Gasteiger partial charge in [-0.25, -0.2) is 0 Å². The predicted molar refractivity (Wildman–Crippen MR) is 76.6 cm³/mol. The lowest BCUT2D eigenvalue weighted by molar-refractivity contribution is -0.119. The second kappa shape index (κ2) is 10.4. The fraction of sp³-hybridized carbons (Fsp3) is 0.933. The second-order valence-electron chi connectivity index (χ2n) is 5.51. The molecule has 1 aliphatic carbocycles. The van der Waals surface area contributed by atoms with Crippen molar-refractivity contribution in [2.45, 2.75) is 76.7 Å². The van der Waals surface area contributed by atoms with Gasteiger partial charge in [0.2, 0.25) is 5.91 Å². The van der Waals surface area contributed by atoms with Gasteiger partial charge in [-0.3, -0.25) is 4.79 Å². The molecule has 1 amide bonds. The van der Waals surface area contributed by atoms with Gasteiger partial charge in [0.15, 0.2) is 0 Å². The van der Waals surface area contributed by atoms with Gasteiger partial charge in [-0.15, -0.1) is 0 Å². The molecule has 0 bridgehead atoms. The van der Waals surface area contributed by atoms with Gasteiger partial charge < -0.3 is 10.6 Å². The Hall–Kier alpha value is -0.570. The van der Waals surface area contributed by atoms with Gasteiger partial charge in [-0.1, -0.05) is 57.8 Å². The van der Waals surface area contributed by atoms with Crippen LogP contribution in [0, 0.1) is 0 Å². The fourth-order valence-corrected chi connectivity index (χ4v) is 2.69. The molecule has 0 radical (unpaired) electrons. The molecule has 0 aliphatic heterocycles. The standard InChI is InChI=1S/C15H30N2O/c1-16-15(18)13-17-14-11-9-7-5-3-2-4-6-8-10-12-14/h14,17H,2-13H2,1H3,(H,16,18). The third kappa shape index (κ3) is 7.70. The number of carbonyl (C=O) groups is 1. The highest BCUT2D eigenvalue weighted by atomic mass is 16.1. The summed E-state index contributed by atoms with van der Waals surface area (Å²) >= 11 is 0. The zero-order chi connectivity index (χ0) is 13.1. The van der Waals surface area contributed by atoms with Gasteiger partial charge in [0.25, 0.3) is 0 Å². The van der Waals surface area contributed by atoms with Crippen molar-refractivity contribution in [1.29, 1.82) is 0 Å². The Morgan fingerprint density at radius 3 is 1.78 bits per heavy atom. The van der Waals surface area contributed by atoms with E-state index in [-0.39, 0.29) is 5.91 Å². The lowest BCUT2D eigenvalue weighted by Gasteiger charge is -2.19. The molecule has 3 nitrogen and oxygen atoms in total.